The van der Waals surface area contributed by atoms with Gasteiger partial charge >= 0.3 is 11.8 Å². The van der Waals surface area contributed by atoms with E-state index in [1.165, 1.54) is 34.6 Å². The van der Waals surface area contributed by atoms with Gasteiger partial charge in [-0.15, -0.1) is 11.3 Å². The number of fused-ring (bicyclic) bond motifs is 1. The van der Waals surface area contributed by atoms with Crippen molar-refractivity contribution in [1.82, 2.24) is 25.5 Å². The van der Waals surface area contributed by atoms with Gasteiger partial charge < -0.3 is 30.7 Å². The number of nitrogens with zero attached hydrogens (tertiary/aromatic N) is 4. The maximum Gasteiger partial charge on any atom is 0.314 e. The van der Waals surface area contributed by atoms with Gasteiger partial charge in [0.25, 0.3) is 5.91 Å². The summed E-state index contributed by atoms with van der Waals surface area (Å²) in [7, 11) is 4.93. The normalized spacial score (nSPS) is 24.6. The monoisotopic (exact) mass is 563 g/mol. The Morgan fingerprint density at radius 2 is 1.89 bits per heavy atom. The van der Waals surface area contributed by atoms with Gasteiger partial charge in [0.1, 0.15) is 12.4 Å². The Kier molecular flexibility index (Phi) is 8.31. The number of pyridine rings is 1. The van der Waals surface area contributed by atoms with Crippen LogP contribution in [0.3, 0.4) is 0 Å². The number of quaternary nitrogens is 1. The van der Waals surface area contributed by atoms with E-state index in [2.05, 4.69) is 25.9 Å². The highest BCUT2D eigenvalue weighted by molar-refractivity contribution is 7.13. The molecule has 4 atom stereocenters. The number of aromatic nitrogens is 2. The third-order valence-corrected chi connectivity index (χ3v) is 8.03. The van der Waals surface area contributed by atoms with Gasteiger partial charge in [-0.05, 0) is 31.4 Å². The van der Waals surface area contributed by atoms with Crippen molar-refractivity contribution in [2.75, 3.05) is 33.0 Å². The highest BCUT2D eigenvalue weighted by Gasteiger charge is 2.38. The second-order valence-electron chi connectivity index (χ2n) is 10.0. The Balaban J connectivity index is 1.46. The summed E-state index contributed by atoms with van der Waals surface area (Å²) >= 11 is 6.99. The standard InChI is InChI=1S/C24H30ClN7O5S/c1-31(2)24(36)13-4-6-15(27-20(33)21(34)30-19-7-5-14(25)11-26-19)17(10-13)28-22(35)23-29-16-8-9-32(3,37)12-18(16)38-23/h5,7,11,13,15,17H,4,6,8-10,12H2,1-3H3,(H,27,33)(H,28,35)(H,26,30,34)/t13-,15-,17+,32-/m0/s1. The summed E-state index contributed by atoms with van der Waals surface area (Å²) in [5, 5.41) is 21.0. The molecule has 1 fully saturated rings. The van der Waals surface area contributed by atoms with E-state index in [9.17, 15) is 24.4 Å². The van der Waals surface area contributed by atoms with Crippen LogP contribution in [-0.4, -0.2) is 82.9 Å². The lowest BCUT2D eigenvalue weighted by Crippen LogP contribution is -2.57. The average molecular weight is 564 g/mol. The number of anilines is 1. The maximum atomic E-state index is 13.2. The summed E-state index contributed by atoms with van der Waals surface area (Å²) in [6, 6.07) is 1.80. The summed E-state index contributed by atoms with van der Waals surface area (Å²) in [5.41, 5.74) is 0.758. The quantitative estimate of drug-likeness (QED) is 0.281. The van der Waals surface area contributed by atoms with Crippen molar-refractivity contribution >= 4 is 52.4 Å². The molecule has 3 N–H and O–H groups in total. The highest BCUT2D eigenvalue weighted by Crippen LogP contribution is 2.30. The number of likely N-dealkylation sites (N-methyl/N-ethyl adjacent to an activating group) is 1. The lowest BCUT2D eigenvalue weighted by molar-refractivity contribution is -0.876. The first-order valence-electron chi connectivity index (χ1n) is 12.2. The Bertz CT molecular complexity index is 1230. The molecule has 2 aromatic heterocycles. The molecular formula is C24H30ClN7O5S. The van der Waals surface area contributed by atoms with Gasteiger partial charge in [-0.1, -0.05) is 11.6 Å². The number of amides is 4. The van der Waals surface area contributed by atoms with Gasteiger partial charge in [-0.2, -0.15) is 0 Å². The smallest absolute Gasteiger partial charge is 0.314 e. The lowest BCUT2D eigenvalue weighted by Gasteiger charge is -2.40. The molecule has 4 amide bonds. The first-order valence-corrected chi connectivity index (χ1v) is 13.4. The van der Waals surface area contributed by atoms with Crippen LogP contribution in [0, 0.1) is 11.1 Å². The zero-order valence-corrected chi connectivity index (χ0v) is 22.9. The van der Waals surface area contributed by atoms with Crippen molar-refractivity contribution in [3.63, 3.8) is 0 Å². The Morgan fingerprint density at radius 3 is 2.58 bits per heavy atom. The number of hydroxylamine groups is 3. The number of rotatable bonds is 5. The predicted octanol–water partition coefficient (Wildman–Crippen LogP) is 1.30. The van der Waals surface area contributed by atoms with E-state index in [0.29, 0.717) is 30.8 Å². The largest absolute Gasteiger partial charge is 0.633 e. The van der Waals surface area contributed by atoms with Crippen LogP contribution in [0.2, 0.25) is 5.02 Å². The number of hydrogen-bond donors (Lipinski definition) is 3. The molecule has 0 aromatic carbocycles. The Labute approximate surface area is 228 Å². The van der Waals surface area contributed by atoms with Crippen molar-refractivity contribution < 1.29 is 23.8 Å². The van der Waals surface area contributed by atoms with Crippen molar-refractivity contribution in [2.24, 2.45) is 5.92 Å². The molecule has 1 aliphatic carbocycles. The maximum absolute atomic E-state index is 13.2. The van der Waals surface area contributed by atoms with Crippen LogP contribution in [0.25, 0.3) is 0 Å². The molecule has 0 radical (unpaired) electrons. The van der Waals surface area contributed by atoms with Crippen molar-refractivity contribution in [3.8, 4) is 0 Å². The fourth-order valence-electron chi connectivity index (χ4n) is 4.70. The molecule has 0 unspecified atom stereocenters. The summed E-state index contributed by atoms with van der Waals surface area (Å²) in [6.07, 6.45) is 3.00. The first-order chi connectivity index (χ1) is 17.9. The van der Waals surface area contributed by atoms with Crippen molar-refractivity contribution in [1.29, 1.82) is 0 Å². The molecule has 4 rings (SSSR count). The topological polar surface area (TPSA) is 156 Å². The van der Waals surface area contributed by atoms with E-state index in [1.54, 1.807) is 21.1 Å². The second-order valence-corrected chi connectivity index (χ2v) is 11.6. The van der Waals surface area contributed by atoms with E-state index >= 15 is 0 Å². The molecule has 14 heteroatoms. The fourth-order valence-corrected chi connectivity index (χ4v) is 5.96. The molecule has 2 aromatic rings. The SMILES string of the molecule is CN(C)C(=O)[C@H]1CC[C@H](NC(=O)C(=O)Nc2ccc(Cl)cn2)[C@H](NC(=O)c2nc3c(s2)C[N@@+](C)([O-])CC3)C1. The summed E-state index contributed by atoms with van der Waals surface area (Å²) < 4.78 is -0.408. The molecule has 0 saturated heterocycles. The minimum absolute atomic E-state index is 0.0715. The van der Waals surface area contributed by atoms with Gasteiger partial charge in [0.05, 0.1) is 35.2 Å². The van der Waals surface area contributed by atoms with E-state index in [1.807, 2.05) is 0 Å². The molecule has 3 heterocycles. The first kappa shape index (κ1) is 27.9. The molecule has 1 aliphatic heterocycles. The highest BCUT2D eigenvalue weighted by atomic mass is 35.5. The molecule has 0 spiro atoms. The van der Waals surface area contributed by atoms with E-state index in [4.69, 9.17) is 11.6 Å². The molecule has 1 saturated carbocycles. The van der Waals surface area contributed by atoms with E-state index < -0.39 is 34.5 Å². The van der Waals surface area contributed by atoms with Gasteiger partial charge in [-0.25, -0.2) is 9.97 Å². The van der Waals surface area contributed by atoms with Gasteiger partial charge in [0, 0.05) is 38.7 Å². The summed E-state index contributed by atoms with van der Waals surface area (Å²) in [4.78, 5) is 61.7. The minimum atomic E-state index is -0.914. The molecule has 38 heavy (non-hydrogen) atoms. The van der Waals surface area contributed by atoms with Crippen LogP contribution in [0.1, 0.15) is 39.6 Å². The lowest BCUT2D eigenvalue weighted by atomic mass is 9.81. The van der Waals surface area contributed by atoms with Gasteiger partial charge in [0.2, 0.25) is 5.91 Å². The molecule has 0 bridgehead atoms. The summed E-state index contributed by atoms with van der Waals surface area (Å²) in [6.45, 7) is 0.663. The average Bonchev–Trinajstić information content (AvgIpc) is 3.28. The van der Waals surface area contributed by atoms with Crippen LogP contribution in [0.5, 0.6) is 0 Å². The zero-order valence-electron chi connectivity index (χ0n) is 21.3. The Morgan fingerprint density at radius 1 is 1.13 bits per heavy atom. The van der Waals surface area contributed by atoms with Crippen molar-refractivity contribution in [3.05, 3.63) is 44.1 Å². The van der Waals surface area contributed by atoms with Gasteiger partial charge in [-0.3, -0.25) is 19.2 Å². The number of nitrogens with one attached hydrogen (secondary N) is 3. The number of carbonyl (C=O) groups excluding carboxylic acids is 4. The van der Waals surface area contributed by atoms with Crippen molar-refractivity contribution in [2.45, 2.75) is 44.3 Å². The molecule has 204 valence electrons. The third-order valence-electron chi connectivity index (χ3n) is 6.72. The minimum Gasteiger partial charge on any atom is -0.633 e. The predicted molar refractivity (Wildman–Crippen MR) is 141 cm³/mol. The number of halogens is 1. The van der Waals surface area contributed by atoms with Gasteiger partial charge in [0.15, 0.2) is 5.01 Å². The molecule has 2 aliphatic rings. The third kappa shape index (κ3) is 6.65. The van der Waals surface area contributed by atoms with Crippen LogP contribution in [0.15, 0.2) is 18.3 Å². The van der Waals surface area contributed by atoms with Crippen LogP contribution >= 0.6 is 22.9 Å². The zero-order chi connectivity index (χ0) is 27.6. The fraction of sp³-hybridized carbons (Fsp3) is 0.500. The summed E-state index contributed by atoms with van der Waals surface area (Å²) in [5.74, 6) is -2.50. The van der Waals surface area contributed by atoms with E-state index in [-0.39, 0.29) is 35.6 Å². The van der Waals surface area contributed by atoms with E-state index in [0.717, 1.165) is 10.6 Å². The molecule has 12 nitrogen and oxygen atoms in total. The number of carbonyl (C=O) groups is 4. The number of thiazole rings is 1. The van der Waals surface area contributed by atoms with Crippen LogP contribution < -0.4 is 16.0 Å². The Hall–Kier alpha value is -3.13. The second kappa shape index (κ2) is 11.3. The number of hydrogen-bond acceptors (Lipinski definition) is 8. The molecular weight excluding hydrogens is 534 g/mol. The van der Waals surface area contributed by atoms with Crippen LogP contribution in [0.4, 0.5) is 5.82 Å². The van der Waals surface area contributed by atoms with Crippen LogP contribution in [-0.2, 0) is 27.3 Å².